The van der Waals surface area contributed by atoms with E-state index in [-0.39, 0.29) is 5.91 Å². The summed E-state index contributed by atoms with van der Waals surface area (Å²) >= 11 is 7.72. The Kier molecular flexibility index (Phi) is 8.36. The second-order valence-corrected chi connectivity index (χ2v) is 14.2. The van der Waals surface area contributed by atoms with E-state index in [9.17, 15) is 4.79 Å². The van der Waals surface area contributed by atoms with E-state index in [1.807, 2.05) is 63.2 Å². The number of hydrogen-bond donors (Lipinski definition) is 1. The van der Waals surface area contributed by atoms with Crippen molar-refractivity contribution < 1.29 is 4.79 Å². The van der Waals surface area contributed by atoms with Crippen molar-refractivity contribution in [1.29, 1.82) is 0 Å². The number of hydrogen-bond acceptors (Lipinski definition) is 2. The van der Waals surface area contributed by atoms with Crippen molar-refractivity contribution in [2.45, 2.75) is 25.7 Å². The highest BCUT2D eigenvalue weighted by atomic mass is 35.5. The first-order chi connectivity index (χ1) is 17.3. The van der Waals surface area contributed by atoms with Crippen molar-refractivity contribution in [3.8, 4) is 0 Å². The lowest BCUT2D eigenvalue weighted by atomic mass is 9.96. The molecule has 0 saturated carbocycles. The Morgan fingerprint density at radius 3 is 1.53 bits per heavy atom. The van der Waals surface area contributed by atoms with Crippen molar-refractivity contribution in [2.75, 3.05) is 0 Å². The summed E-state index contributed by atoms with van der Waals surface area (Å²) in [5.41, 5.74) is 0.356. The highest BCUT2D eigenvalue weighted by molar-refractivity contribution is 8.04. The van der Waals surface area contributed by atoms with Crippen molar-refractivity contribution in [2.24, 2.45) is 5.41 Å². The van der Waals surface area contributed by atoms with Crippen LogP contribution in [0.15, 0.2) is 131 Å². The molecule has 0 heterocycles. The van der Waals surface area contributed by atoms with Gasteiger partial charge in [-0.1, -0.05) is 98.7 Å². The van der Waals surface area contributed by atoms with Crippen molar-refractivity contribution >= 4 is 52.4 Å². The van der Waals surface area contributed by atoms with E-state index < -0.39 is 12.7 Å². The lowest BCUT2D eigenvalue weighted by molar-refractivity contribution is -0.127. The molecule has 0 saturated heterocycles. The van der Waals surface area contributed by atoms with Gasteiger partial charge in [-0.3, -0.25) is 10.1 Å². The second kappa shape index (κ2) is 11.5. The third kappa shape index (κ3) is 5.76. The summed E-state index contributed by atoms with van der Waals surface area (Å²) in [5, 5.41) is 9.76. The quantitative estimate of drug-likeness (QED) is 0.199. The molecule has 0 aromatic heterocycles. The number of nitrogens with one attached hydrogen (secondary N) is 1. The molecule has 0 atom stereocenters. The Hall–Kier alpha value is -2.84. The maximum atomic E-state index is 13.5. The van der Waals surface area contributed by atoms with Crippen LogP contribution < -0.4 is 21.2 Å². The third-order valence-electron chi connectivity index (χ3n) is 5.83. The fourth-order valence-electron chi connectivity index (χ4n) is 3.95. The van der Waals surface area contributed by atoms with E-state index in [2.05, 4.69) is 83.5 Å². The van der Waals surface area contributed by atoms with Crippen molar-refractivity contribution in [1.82, 2.24) is 5.32 Å². The molecule has 2 nitrogen and oxygen atoms in total. The van der Waals surface area contributed by atoms with Gasteiger partial charge in [0.1, 0.15) is 15.9 Å². The first kappa shape index (κ1) is 26.2. The summed E-state index contributed by atoms with van der Waals surface area (Å²) in [6.07, 6.45) is 0. The van der Waals surface area contributed by atoms with Gasteiger partial charge < -0.3 is 0 Å². The van der Waals surface area contributed by atoms with Gasteiger partial charge in [0.05, 0.1) is 0 Å². The van der Waals surface area contributed by atoms with E-state index in [1.54, 1.807) is 11.8 Å². The Bertz CT molecular complexity index is 1220. The van der Waals surface area contributed by atoms with E-state index in [4.69, 9.17) is 11.6 Å². The molecule has 5 heteroatoms. The summed E-state index contributed by atoms with van der Waals surface area (Å²) in [7, 11) is -2.45. The highest BCUT2D eigenvalue weighted by Gasteiger charge is 2.51. The summed E-state index contributed by atoms with van der Waals surface area (Å²) in [4.78, 5) is 14.6. The molecule has 0 radical (unpaired) electrons. The molecule has 0 aliphatic rings. The van der Waals surface area contributed by atoms with Gasteiger partial charge >= 0.3 is 0 Å². The predicted molar refractivity (Wildman–Crippen MR) is 158 cm³/mol. The molecule has 0 aliphatic carbocycles. The lowest BCUT2D eigenvalue weighted by Crippen LogP contribution is -2.41. The largest absolute Gasteiger partial charge is 0.295 e. The Labute approximate surface area is 224 Å². The van der Waals surface area contributed by atoms with Gasteiger partial charge in [-0.15, -0.1) is 0 Å². The van der Waals surface area contributed by atoms with Crippen LogP contribution in [-0.2, 0) is 4.79 Å². The van der Waals surface area contributed by atoms with E-state index in [0.29, 0.717) is 5.02 Å². The first-order valence-electron chi connectivity index (χ1n) is 11.8. The molecule has 0 spiro atoms. The number of rotatable bonds is 7. The highest BCUT2D eigenvalue weighted by Crippen LogP contribution is 2.62. The molecule has 4 aromatic carbocycles. The fourth-order valence-corrected chi connectivity index (χ4v) is 9.33. The van der Waals surface area contributed by atoms with E-state index in [0.717, 1.165) is 10.3 Å². The predicted octanol–water partition coefficient (Wildman–Crippen LogP) is 7.39. The molecule has 4 aromatic rings. The van der Waals surface area contributed by atoms with Gasteiger partial charge in [0, 0.05) is 20.7 Å². The van der Waals surface area contributed by atoms with Crippen LogP contribution in [0.4, 0.5) is 0 Å². The number of carbonyl (C=O) groups is 1. The molecular formula is C31H30ClNOPS+. The Morgan fingerprint density at radius 2 is 1.14 bits per heavy atom. The molecule has 0 unspecified atom stereocenters. The minimum atomic E-state index is -2.45. The monoisotopic (exact) mass is 530 g/mol. The van der Waals surface area contributed by atoms with E-state index >= 15 is 0 Å². The lowest BCUT2D eigenvalue weighted by Gasteiger charge is -2.31. The molecule has 0 aliphatic heterocycles. The molecule has 36 heavy (non-hydrogen) atoms. The first-order valence-corrected chi connectivity index (χ1v) is 14.9. The van der Waals surface area contributed by atoms with Crippen LogP contribution in [0.5, 0.6) is 0 Å². The zero-order chi connectivity index (χ0) is 25.6. The number of carbonyl (C=O) groups excluding carboxylic acids is 1. The summed E-state index contributed by atoms with van der Waals surface area (Å²) < 4.78 is 0. The van der Waals surface area contributed by atoms with Gasteiger partial charge in [0.15, 0.2) is 12.7 Å². The number of benzene rings is 4. The normalized spacial score (nSPS) is 12.3. The molecule has 1 N–H and O–H groups in total. The van der Waals surface area contributed by atoms with Crippen molar-refractivity contribution in [3.05, 3.63) is 131 Å². The van der Waals surface area contributed by atoms with Gasteiger partial charge in [-0.05, 0) is 60.7 Å². The summed E-state index contributed by atoms with van der Waals surface area (Å²) in [6.45, 7) is 5.83. The zero-order valence-electron chi connectivity index (χ0n) is 20.7. The standard InChI is InChI=1S/C31H29ClNOPS/c1-31(2,3)30(34)33-29(23-36-28-21-19-24(32)20-22-28)35(25-13-7-4-8-14-25,26-15-9-5-10-16-26)27-17-11-6-12-18-27/h4-23H,1-3H3/p+1/b29-23-. The second-order valence-electron chi connectivity index (χ2n) is 9.46. The minimum absolute atomic E-state index is 0.0161. The van der Waals surface area contributed by atoms with Crippen molar-refractivity contribution in [3.63, 3.8) is 0 Å². The van der Waals surface area contributed by atoms with Gasteiger partial charge in [0.2, 0.25) is 5.91 Å². The molecule has 4 rings (SSSR count). The third-order valence-corrected chi connectivity index (χ3v) is 11.3. The number of thioether (sulfide) groups is 1. The molecule has 0 fully saturated rings. The van der Waals surface area contributed by atoms with Crippen LogP contribution in [0.2, 0.25) is 5.02 Å². The van der Waals surface area contributed by atoms with Crippen LogP contribution >= 0.6 is 30.6 Å². The number of halogens is 1. The average Bonchev–Trinajstić information content (AvgIpc) is 2.90. The number of amides is 1. The van der Waals surface area contributed by atoms with Crippen LogP contribution in [0, 0.1) is 5.41 Å². The van der Waals surface area contributed by atoms with E-state index in [1.165, 1.54) is 15.9 Å². The SMILES string of the molecule is CC(C)(C)C(=O)N/C(=C/Sc1ccc(Cl)cc1)[P+](c1ccccc1)(c1ccccc1)c1ccccc1. The molecule has 0 bridgehead atoms. The summed E-state index contributed by atoms with van der Waals surface area (Å²) in [6, 6.07) is 39.4. The van der Waals surface area contributed by atoms with Gasteiger partial charge in [0.25, 0.3) is 0 Å². The molecule has 182 valence electrons. The van der Waals surface area contributed by atoms with Crippen LogP contribution in [0.1, 0.15) is 20.8 Å². The summed E-state index contributed by atoms with van der Waals surface area (Å²) in [5.74, 6) is -0.0161. The van der Waals surface area contributed by atoms with Crippen LogP contribution in [0.3, 0.4) is 0 Å². The minimum Gasteiger partial charge on any atom is -0.295 e. The van der Waals surface area contributed by atoms with Crippen LogP contribution in [0.25, 0.3) is 0 Å². The zero-order valence-corrected chi connectivity index (χ0v) is 23.2. The molecular weight excluding hydrogens is 501 g/mol. The topological polar surface area (TPSA) is 29.1 Å². The maximum absolute atomic E-state index is 13.5. The maximum Gasteiger partial charge on any atom is 0.232 e. The fraction of sp³-hybridized carbons (Fsp3) is 0.129. The van der Waals surface area contributed by atoms with Crippen LogP contribution in [-0.4, -0.2) is 5.91 Å². The van der Waals surface area contributed by atoms with Gasteiger partial charge in [-0.25, -0.2) is 0 Å². The van der Waals surface area contributed by atoms with Gasteiger partial charge in [-0.2, -0.15) is 0 Å². The smallest absolute Gasteiger partial charge is 0.232 e. The molecule has 1 amide bonds. The Balaban J connectivity index is 2.02. The Morgan fingerprint density at radius 1 is 0.722 bits per heavy atom. The average molecular weight is 531 g/mol.